The first-order chi connectivity index (χ1) is 7.61. The summed E-state index contributed by atoms with van der Waals surface area (Å²) in [5.74, 6) is 0.217. The molecule has 0 saturated carbocycles. The first-order valence-corrected chi connectivity index (χ1v) is 4.78. The average Bonchev–Trinajstić information content (AvgIpc) is 2.26. The number of hydrogen-bond donors (Lipinski definition) is 2. The van der Waals surface area contributed by atoms with Crippen LogP contribution in [0.5, 0.6) is 11.5 Å². The number of ether oxygens (including phenoxy) is 2. The van der Waals surface area contributed by atoms with Crippen LogP contribution in [0.15, 0.2) is 24.3 Å². The molecule has 0 heterocycles. The van der Waals surface area contributed by atoms with Crippen LogP contribution < -0.4 is 9.47 Å². The molecule has 16 heavy (non-hydrogen) atoms. The molecule has 0 radical (unpaired) electrons. The predicted molar refractivity (Wildman–Crippen MR) is 56.7 cm³/mol. The van der Waals surface area contributed by atoms with E-state index < -0.39 is 12.1 Å². The van der Waals surface area contributed by atoms with E-state index in [0.717, 1.165) is 0 Å². The topological polar surface area (TPSA) is 76.0 Å². The molecular formula is C11H14O5. The molecule has 0 aliphatic heterocycles. The molecule has 1 rings (SSSR count). The molecular weight excluding hydrogens is 212 g/mol. The molecule has 0 aliphatic rings. The molecule has 1 aromatic carbocycles. The molecule has 5 heteroatoms. The van der Waals surface area contributed by atoms with Crippen LogP contribution >= 0.6 is 0 Å². The molecule has 0 fully saturated rings. The summed E-state index contributed by atoms with van der Waals surface area (Å²) in [5, 5.41) is 17.7. The Morgan fingerprint density at radius 1 is 1.31 bits per heavy atom. The van der Waals surface area contributed by atoms with Crippen molar-refractivity contribution in [1.29, 1.82) is 0 Å². The summed E-state index contributed by atoms with van der Waals surface area (Å²) in [7, 11) is 1.56. The van der Waals surface area contributed by atoms with E-state index in [-0.39, 0.29) is 13.0 Å². The molecule has 0 aliphatic carbocycles. The van der Waals surface area contributed by atoms with Crippen molar-refractivity contribution >= 4 is 5.97 Å². The maximum Gasteiger partial charge on any atom is 0.306 e. The Hall–Kier alpha value is -1.75. The zero-order valence-electron chi connectivity index (χ0n) is 8.92. The Bertz CT molecular complexity index is 333. The number of aliphatic carboxylic acids is 1. The van der Waals surface area contributed by atoms with Crippen LogP contribution in [0.3, 0.4) is 0 Å². The van der Waals surface area contributed by atoms with Crippen LogP contribution in [0, 0.1) is 0 Å². The highest BCUT2D eigenvalue weighted by Gasteiger charge is 2.09. The highest BCUT2D eigenvalue weighted by atomic mass is 16.5. The molecule has 0 amide bonds. The summed E-state index contributed by atoms with van der Waals surface area (Å²) in [6.07, 6.45) is -1.32. The van der Waals surface area contributed by atoms with E-state index in [9.17, 15) is 9.90 Å². The minimum absolute atomic E-state index is 0.0430. The first-order valence-electron chi connectivity index (χ1n) is 4.78. The maximum atomic E-state index is 10.3. The quantitative estimate of drug-likeness (QED) is 0.754. The Morgan fingerprint density at radius 2 is 1.88 bits per heavy atom. The van der Waals surface area contributed by atoms with Crippen molar-refractivity contribution in [2.45, 2.75) is 12.5 Å². The lowest BCUT2D eigenvalue weighted by atomic mass is 10.3. The number of methoxy groups -OCH3 is 1. The largest absolute Gasteiger partial charge is 0.497 e. The van der Waals surface area contributed by atoms with Crippen LogP contribution in [0.2, 0.25) is 0 Å². The van der Waals surface area contributed by atoms with Gasteiger partial charge >= 0.3 is 5.97 Å². The van der Waals surface area contributed by atoms with Crippen molar-refractivity contribution in [2.75, 3.05) is 13.7 Å². The summed E-state index contributed by atoms with van der Waals surface area (Å²) in [4.78, 5) is 10.3. The van der Waals surface area contributed by atoms with Crippen LogP contribution in [0.4, 0.5) is 0 Å². The van der Waals surface area contributed by atoms with E-state index >= 15 is 0 Å². The number of hydrogen-bond acceptors (Lipinski definition) is 4. The standard InChI is InChI=1S/C11H14O5/c1-15-9-2-4-10(5-3-9)16-7-8(12)6-11(13)14/h2-5,8,12H,6-7H2,1H3,(H,13,14)/t8-/m0/s1. The van der Waals surface area contributed by atoms with Gasteiger partial charge in [0.15, 0.2) is 0 Å². The van der Waals surface area contributed by atoms with Gasteiger partial charge in [-0.3, -0.25) is 4.79 Å². The van der Waals surface area contributed by atoms with Gasteiger partial charge in [-0.2, -0.15) is 0 Å². The van der Waals surface area contributed by atoms with Crippen molar-refractivity contribution in [2.24, 2.45) is 0 Å². The van der Waals surface area contributed by atoms with E-state index in [1.54, 1.807) is 31.4 Å². The lowest BCUT2D eigenvalue weighted by molar-refractivity contribution is -0.139. The minimum Gasteiger partial charge on any atom is -0.497 e. The van der Waals surface area contributed by atoms with Crippen molar-refractivity contribution in [3.05, 3.63) is 24.3 Å². The second kappa shape index (κ2) is 5.97. The number of carboxylic acids is 1. The minimum atomic E-state index is -1.05. The molecule has 0 unspecified atom stereocenters. The first kappa shape index (κ1) is 12.3. The van der Waals surface area contributed by atoms with Gasteiger partial charge in [0.2, 0.25) is 0 Å². The number of aliphatic hydroxyl groups is 1. The lowest BCUT2D eigenvalue weighted by Gasteiger charge is -2.10. The van der Waals surface area contributed by atoms with Gasteiger partial charge in [-0.15, -0.1) is 0 Å². The van der Waals surface area contributed by atoms with Gasteiger partial charge in [-0.05, 0) is 24.3 Å². The Morgan fingerprint density at radius 3 is 2.38 bits per heavy atom. The van der Waals surface area contributed by atoms with Crippen molar-refractivity contribution in [1.82, 2.24) is 0 Å². The summed E-state index contributed by atoms with van der Waals surface area (Å²) in [6, 6.07) is 6.82. The highest BCUT2D eigenvalue weighted by molar-refractivity contribution is 5.67. The average molecular weight is 226 g/mol. The fraction of sp³-hybridized carbons (Fsp3) is 0.364. The van der Waals surface area contributed by atoms with E-state index in [1.807, 2.05) is 0 Å². The van der Waals surface area contributed by atoms with Gasteiger partial charge in [-0.1, -0.05) is 0 Å². The van der Waals surface area contributed by atoms with Crippen LogP contribution in [0.1, 0.15) is 6.42 Å². The maximum absolute atomic E-state index is 10.3. The fourth-order valence-corrected chi connectivity index (χ4v) is 1.12. The number of carbonyl (C=O) groups is 1. The molecule has 0 bridgehead atoms. The van der Waals surface area contributed by atoms with Gasteiger partial charge in [0.25, 0.3) is 0 Å². The summed E-state index contributed by atoms with van der Waals surface area (Å²) in [5.41, 5.74) is 0. The normalized spacial score (nSPS) is 11.9. The molecule has 2 N–H and O–H groups in total. The van der Waals surface area contributed by atoms with Gasteiger partial charge in [-0.25, -0.2) is 0 Å². The molecule has 1 atom stereocenters. The SMILES string of the molecule is COc1ccc(OC[C@@H](O)CC(=O)O)cc1. The molecule has 0 spiro atoms. The third kappa shape index (κ3) is 4.18. The van der Waals surface area contributed by atoms with Gasteiger partial charge in [0.05, 0.1) is 19.6 Å². The third-order valence-electron chi connectivity index (χ3n) is 1.91. The Kier molecular flexibility index (Phi) is 4.60. The molecule has 0 aromatic heterocycles. The second-order valence-corrected chi connectivity index (χ2v) is 3.24. The number of aliphatic hydroxyl groups excluding tert-OH is 1. The Labute approximate surface area is 93.2 Å². The van der Waals surface area contributed by atoms with E-state index in [4.69, 9.17) is 14.6 Å². The smallest absolute Gasteiger partial charge is 0.306 e. The molecule has 88 valence electrons. The predicted octanol–water partition coefficient (Wildman–Crippen LogP) is 0.910. The van der Waals surface area contributed by atoms with E-state index in [2.05, 4.69) is 0 Å². The molecule has 0 saturated heterocycles. The monoisotopic (exact) mass is 226 g/mol. The number of benzene rings is 1. The van der Waals surface area contributed by atoms with E-state index in [1.165, 1.54) is 0 Å². The number of rotatable bonds is 6. The third-order valence-corrected chi connectivity index (χ3v) is 1.91. The van der Waals surface area contributed by atoms with Gasteiger partial charge < -0.3 is 19.7 Å². The van der Waals surface area contributed by atoms with E-state index in [0.29, 0.717) is 11.5 Å². The summed E-state index contributed by atoms with van der Waals surface area (Å²) >= 11 is 0. The van der Waals surface area contributed by atoms with Crippen LogP contribution in [0.25, 0.3) is 0 Å². The van der Waals surface area contributed by atoms with Crippen molar-refractivity contribution in [3.8, 4) is 11.5 Å². The zero-order chi connectivity index (χ0) is 12.0. The lowest BCUT2D eigenvalue weighted by Crippen LogP contribution is -2.21. The fourth-order valence-electron chi connectivity index (χ4n) is 1.12. The van der Waals surface area contributed by atoms with Crippen LogP contribution in [-0.2, 0) is 4.79 Å². The van der Waals surface area contributed by atoms with Crippen molar-refractivity contribution in [3.63, 3.8) is 0 Å². The van der Waals surface area contributed by atoms with Crippen molar-refractivity contribution < 1.29 is 24.5 Å². The summed E-state index contributed by atoms with van der Waals surface area (Å²) < 4.78 is 10.2. The zero-order valence-corrected chi connectivity index (χ0v) is 8.92. The van der Waals surface area contributed by atoms with Gasteiger partial charge in [0, 0.05) is 0 Å². The highest BCUT2D eigenvalue weighted by Crippen LogP contribution is 2.17. The van der Waals surface area contributed by atoms with Crippen LogP contribution in [-0.4, -0.2) is 36.0 Å². The second-order valence-electron chi connectivity index (χ2n) is 3.24. The Balaban J connectivity index is 2.39. The summed E-state index contributed by atoms with van der Waals surface area (Å²) in [6.45, 7) is -0.0430. The molecule has 1 aromatic rings. The number of carboxylic acid groups (broad SMARTS) is 1. The molecule has 5 nitrogen and oxygen atoms in total. The van der Waals surface area contributed by atoms with Gasteiger partial charge in [0.1, 0.15) is 18.1 Å².